The van der Waals surface area contributed by atoms with Crippen molar-refractivity contribution >= 4 is 21.8 Å². The number of nitrogens with one attached hydrogen (secondary N) is 1. The number of hydrogen-bond acceptors (Lipinski definition) is 3. The summed E-state index contributed by atoms with van der Waals surface area (Å²) in [5.74, 6) is 0. The summed E-state index contributed by atoms with van der Waals surface area (Å²) in [5.41, 5.74) is 4.62. The summed E-state index contributed by atoms with van der Waals surface area (Å²) in [4.78, 5) is 15.2. The smallest absolute Gasteiger partial charge is 0.251 e. The molecule has 4 rings (SSSR count). The lowest BCUT2D eigenvalue weighted by atomic mass is 9.80. The third-order valence-corrected chi connectivity index (χ3v) is 5.25. The van der Waals surface area contributed by atoms with E-state index < -0.39 is 0 Å². The van der Waals surface area contributed by atoms with E-state index in [0.717, 1.165) is 45.9 Å². The predicted octanol–water partition coefficient (Wildman–Crippen LogP) is 4.55. The number of benzene rings is 2. The van der Waals surface area contributed by atoms with Gasteiger partial charge in [0.25, 0.3) is 5.56 Å². The van der Waals surface area contributed by atoms with Gasteiger partial charge in [-0.3, -0.25) is 4.79 Å². The highest BCUT2D eigenvalue weighted by Gasteiger charge is 2.23. The lowest BCUT2D eigenvalue weighted by Gasteiger charge is -2.25. The van der Waals surface area contributed by atoms with Crippen LogP contribution in [0.5, 0.6) is 0 Å². The molecular weight excluding hydrogens is 334 g/mol. The van der Waals surface area contributed by atoms with Crippen molar-refractivity contribution in [3.8, 4) is 0 Å². The second kappa shape index (κ2) is 6.62. The molecule has 0 saturated heterocycles. The molecule has 27 heavy (non-hydrogen) atoms. The summed E-state index contributed by atoms with van der Waals surface area (Å²) in [6.07, 6.45) is 1.51. The molecular formula is C23H23N3O. The Bertz CT molecular complexity index is 1190. The Morgan fingerprint density at radius 3 is 2.59 bits per heavy atom. The van der Waals surface area contributed by atoms with E-state index in [1.807, 2.05) is 31.2 Å². The first-order chi connectivity index (χ1) is 13.0. The van der Waals surface area contributed by atoms with Crippen LogP contribution in [-0.2, 0) is 18.3 Å². The van der Waals surface area contributed by atoms with Gasteiger partial charge in [0.2, 0.25) is 0 Å². The van der Waals surface area contributed by atoms with Crippen molar-refractivity contribution in [3.05, 3.63) is 81.8 Å². The van der Waals surface area contributed by atoms with Crippen LogP contribution in [0.25, 0.3) is 21.8 Å². The van der Waals surface area contributed by atoms with Crippen LogP contribution in [0.15, 0.2) is 59.4 Å². The van der Waals surface area contributed by atoms with Crippen molar-refractivity contribution in [1.82, 2.24) is 15.2 Å². The van der Waals surface area contributed by atoms with Gasteiger partial charge in [0.05, 0.1) is 11.2 Å². The SMILES string of the molecule is CCc1cc2ccc(C(C)(C)Cc3cc4ccccc4nn3)cc2[nH]c1=O. The molecule has 2 aromatic heterocycles. The predicted molar refractivity (Wildman–Crippen MR) is 110 cm³/mol. The zero-order valence-corrected chi connectivity index (χ0v) is 15.9. The van der Waals surface area contributed by atoms with Crippen molar-refractivity contribution in [2.24, 2.45) is 0 Å². The van der Waals surface area contributed by atoms with Gasteiger partial charge < -0.3 is 4.98 Å². The number of aromatic nitrogens is 3. The van der Waals surface area contributed by atoms with Crippen molar-refractivity contribution in [1.29, 1.82) is 0 Å². The fourth-order valence-corrected chi connectivity index (χ4v) is 3.60. The Morgan fingerprint density at radius 2 is 1.78 bits per heavy atom. The maximum Gasteiger partial charge on any atom is 0.251 e. The normalized spacial score (nSPS) is 12.0. The minimum atomic E-state index is -0.133. The highest BCUT2D eigenvalue weighted by molar-refractivity contribution is 5.80. The molecule has 0 fully saturated rings. The molecule has 2 heterocycles. The Hall–Kier alpha value is -3.01. The van der Waals surface area contributed by atoms with Crippen LogP contribution in [0.1, 0.15) is 37.6 Å². The first kappa shape index (κ1) is 17.4. The summed E-state index contributed by atoms with van der Waals surface area (Å²) in [6.45, 7) is 6.39. The third kappa shape index (κ3) is 3.35. The van der Waals surface area contributed by atoms with Crippen LogP contribution in [0.2, 0.25) is 0 Å². The summed E-state index contributed by atoms with van der Waals surface area (Å²) >= 11 is 0. The minimum absolute atomic E-state index is 0.000326. The van der Waals surface area contributed by atoms with Crippen molar-refractivity contribution in [2.45, 2.75) is 39.0 Å². The fourth-order valence-electron chi connectivity index (χ4n) is 3.60. The first-order valence-corrected chi connectivity index (χ1v) is 9.34. The molecule has 0 aliphatic heterocycles. The number of hydrogen-bond donors (Lipinski definition) is 1. The van der Waals surface area contributed by atoms with Gasteiger partial charge in [-0.1, -0.05) is 51.1 Å². The topological polar surface area (TPSA) is 58.6 Å². The van der Waals surface area contributed by atoms with E-state index >= 15 is 0 Å². The fraction of sp³-hybridized carbons (Fsp3) is 0.261. The second-order valence-electron chi connectivity index (χ2n) is 7.73. The third-order valence-electron chi connectivity index (χ3n) is 5.25. The van der Waals surface area contributed by atoms with Gasteiger partial charge in [0.15, 0.2) is 0 Å². The summed E-state index contributed by atoms with van der Waals surface area (Å²) < 4.78 is 0. The first-order valence-electron chi connectivity index (χ1n) is 9.34. The summed E-state index contributed by atoms with van der Waals surface area (Å²) in [6, 6.07) is 18.4. The average molecular weight is 357 g/mol. The van der Waals surface area contributed by atoms with E-state index in [4.69, 9.17) is 0 Å². The minimum Gasteiger partial charge on any atom is -0.322 e. The van der Waals surface area contributed by atoms with Gasteiger partial charge in [0.1, 0.15) is 0 Å². The van der Waals surface area contributed by atoms with E-state index in [1.165, 1.54) is 5.56 Å². The Morgan fingerprint density at radius 1 is 0.963 bits per heavy atom. The monoisotopic (exact) mass is 357 g/mol. The van der Waals surface area contributed by atoms with Crippen LogP contribution in [0.4, 0.5) is 0 Å². The van der Waals surface area contributed by atoms with E-state index in [9.17, 15) is 4.79 Å². The van der Waals surface area contributed by atoms with E-state index in [-0.39, 0.29) is 11.0 Å². The molecule has 4 aromatic rings. The number of pyridine rings is 1. The molecule has 4 heteroatoms. The van der Waals surface area contributed by atoms with Crippen molar-refractivity contribution < 1.29 is 0 Å². The zero-order valence-electron chi connectivity index (χ0n) is 15.9. The molecule has 4 nitrogen and oxygen atoms in total. The largest absolute Gasteiger partial charge is 0.322 e. The lowest BCUT2D eigenvalue weighted by Crippen LogP contribution is -2.21. The van der Waals surface area contributed by atoms with Crippen LogP contribution in [-0.4, -0.2) is 15.2 Å². The molecule has 136 valence electrons. The van der Waals surface area contributed by atoms with Gasteiger partial charge in [-0.05, 0) is 47.1 Å². The quantitative estimate of drug-likeness (QED) is 0.583. The summed E-state index contributed by atoms with van der Waals surface area (Å²) in [5, 5.41) is 10.9. The van der Waals surface area contributed by atoms with Crippen LogP contribution in [0, 0.1) is 0 Å². The molecule has 0 aliphatic rings. The zero-order chi connectivity index (χ0) is 19.0. The molecule has 0 unspecified atom stereocenters. The van der Waals surface area contributed by atoms with Crippen molar-refractivity contribution in [3.63, 3.8) is 0 Å². The van der Waals surface area contributed by atoms with E-state index in [2.05, 4.69) is 59.4 Å². The number of aryl methyl sites for hydroxylation is 1. The maximum atomic E-state index is 12.2. The van der Waals surface area contributed by atoms with Crippen LogP contribution >= 0.6 is 0 Å². The molecule has 0 bridgehead atoms. The number of H-pyrrole nitrogens is 1. The van der Waals surface area contributed by atoms with Gasteiger partial charge >= 0.3 is 0 Å². The summed E-state index contributed by atoms with van der Waals surface area (Å²) in [7, 11) is 0. The van der Waals surface area contributed by atoms with E-state index in [0.29, 0.717) is 0 Å². The number of fused-ring (bicyclic) bond motifs is 2. The molecule has 0 radical (unpaired) electrons. The van der Waals surface area contributed by atoms with Gasteiger partial charge in [0, 0.05) is 22.9 Å². The van der Waals surface area contributed by atoms with Gasteiger partial charge in [-0.2, -0.15) is 10.2 Å². The Labute approximate surface area is 158 Å². The van der Waals surface area contributed by atoms with Crippen LogP contribution < -0.4 is 5.56 Å². The molecule has 0 saturated carbocycles. The number of nitrogens with zero attached hydrogens (tertiary/aromatic N) is 2. The molecule has 0 atom stereocenters. The highest BCUT2D eigenvalue weighted by Crippen LogP contribution is 2.29. The maximum absolute atomic E-state index is 12.2. The highest BCUT2D eigenvalue weighted by atomic mass is 16.1. The Kier molecular flexibility index (Phi) is 4.27. The molecule has 0 spiro atoms. The van der Waals surface area contributed by atoms with Gasteiger partial charge in [-0.15, -0.1) is 0 Å². The second-order valence-corrected chi connectivity index (χ2v) is 7.73. The molecule has 2 aromatic carbocycles. The molecule has 0 aliphatic carbocycles. The lowest BCUT2D eigenvalue weighted by molar-refractivity contribution is 0.513. The molecule has 1 N–H and O–H groups in total. The van der Waals surface area contributed by atoms with E-state index in [1.54, 1.807) is 0 Å². The standard InChI is InChI=1S/C23H23N3O/c1-4-15-11-17-9-10-18(13-21(17)24-22(15)27)23(2,3)14-19-12-16-7-5-6-8-20(16)26-25-19/h5-13H,4,14H2,1-3H3,(H,24,27). The average Bonchev–Trinajstić information content (AvgIpc) is 2.66. The molecule has 0 amide bonds. The Balaban J connectivity index is 1.70. The number of aromatic amines is 1. The van der Waals surface area contributed by atoms with Crippen molar-refractivity contribution in [2.75, 3.05) is 0 Å². The van der Waals surface area contributed by atoms with Gasteiger partial charge in [-0.25, -0.2) is 0 Å². The van der Waals surface area contributed by atoms with Crippen LogP contribution in [0.3, 0.4) is 0 Å². The number of rotatable bonds is 4.